The summed E-state index contributed by atoms with van der Waals surface area (Å²) in [6, 6.07) is 6.80. The number of benzene rings is 1. The number of likely N-dealkylation sites (N-methyl/N-ethyl adjacent to an activating group) is 1. The van der Waals surface area contributed by atoms with Gasteiger partial charge in [0.2, 0.25) is 5.91 Å². The summed E-state index contributed by atoms with van der Waals surface area (Å²) in [6.07, 6.45) is 5.10. The van der Waals surface area contributed by atoms with E-state index in [2.05, 4.69) is 5.32 Å². The summed E-state index contributed by atoms with van der Waals surface area (Å²) in [4.78, 5) is 13.8. The van der Waals surface area contributed by atoms with E-state index in [9.17, 15) is 9.18 Å². The summed E-state index contributed by atoms with van der Waals surface area (Å²) < 4.78 is 13.4. The Morgan fingerprint density at radius 2 is 2.26 bits per heavy atom. The van der Waals surface area contributed by atoms with Crippen LogP contribution < -0.4 is 5.32 Å². The van der Waals surface area contributed by atoms with E-state index in [4.69, 9.17) is 0 Å². The molecule has 0 aliphatic carbocycles. The van der Waals surface area contributed by atoms with Crippen molar-refractivity contribution in [2.45, 2.75) is 18.9 Å². The lowest BCUT2D eigenvalue weighted by Crippen LogP contribution is -2.46. The molecule has 1 heterocycles. The maximum Gasteiger partial charge on any atom is 0.246 e. The summed E-state index contributed by atoms with van der Waals surface area (Å²) in [5, 5.41) is 3.19. The van der Waals surface area contributed by atoms with Gasteiger partial charge in [0, 0.05) is 30.8 Å². The van der Waals surface area contributed by atoms with Crippen LogP contribution in [0, 0.1) is 5.82 Å². The van der Waals surface area contributed by atoms with Crippen LogP contribution in [0.4, 0.5) is 4.39 Å². The first-order valence-corrected chi connectivity index (χ1v) is 6.59. The Morgan fingerprint density at radius 1 is 1.47 bits per heavy atom. The van der Waals surface area contributed by atoms with Crippen LogP contribution in [-0.2, 0) is 4.79 Å². The topological polar surface area (TPSA) is 32.3 Å². The fourth-order valence-corrected chi connectivity index (χ4v) is 2.29. The van der Waals surface area contributed by atoms with Crippen LogP contribution >= 0.6 is 0 Å². The molecule has 1 aliphatic rings. The zero-order chi connectivity index (χ0) is 13.7. The fraction of sp³-hybridized carbons (Fsp3) is 0.400. The van der Waals surface area contributed by atoms with Crippen molar-refractivity contribution in [2.24, 2.45) is 0 Å². The van der Waals surface area contributed by atoms with Crippen molar-refractivity contribution in [3.8, 4) is 0 Å². The van der Waals surface area contributed by atoms with Crippen LogP contribution in [-0.4, -0.2) is 37.0 Å². The summed E-state index contributed by atoms with van der Waals surface area (Å²) in [5.74, 6) is -0.360. The Kier molecular flexibility index (Phi) is 4.68. The molecule has 0 bridgehead atoms. The lowest BCUT2D eigenvalue weighted by atomic mass is 10.1. The Hall–Kier alpha value is -1.68. The second-order valence-corrected chi connectivity index (χ2v) is 4.77. The molecule has 19 heavy (non-hydrogen) atoms. The van der Waals surface area contributed by atoms with Crippen LogP contribution in [0.25, 0.3) is 6.08 Å². The predicted octanol–water partition coefficient (Wildman–Crippen LogP) is 2.05. The Balaban J connectivity index is 1.99. The van der Waals surface area contributed by atoms with Crippen molar-refractivity contribution < 1.29 is 9.18 Å². The predicted molar refractivity (Wildman–Crippen MR) is 74.1 cm³/mol. The van der Waals surface area contributed by atoms with Gasteiger partial charge >= 0.3 is 0 Å². The van der Waals surface area contributed by atoms with Gasteiger partial charge in [0.25, 0.3) is 0 Å². The van der Waals surface area contributed by atoms with E-state index >= 15 is 0 Å². The van der Waals surface area contributed by atoms with Gasteiger partial charge in [-0.25, -0.2) is 4.39 Å². The maximum atomic E-state index is 13.4. The van der Waals surface area contributed by atoms with E-state index in [1.807, 2.05) is 11.9 Å². The smallest absolute Gasteiger partial charge is 0.246 e. The molecule has 1 saturated heterocycles. The minimum atomic E-state index is -0.307. The first-order valence-electron chi connectivity index (χ1n) is 6.59. The molecule has 102 valence electrons. The number of hydrogen-bond donors (Lipinski definition) is 1. The number of piperidine rings is 1. The van der Waals surface area contributed by atoms with Gasteiger partial charge in [0.1, 0.15) is 5.82 Å². The minimum absolute atomic E-state index is 0.0526. The van der Waals surface area contributed by atoms with Crippen molar-refractivity contribution in [1.82, 2.24) is 10.2 Å². The van der Waals surface area contributed by atoms with Crippen molar-refractivity contribution in [2.75, 3.05) is 20.1 Å². The Morgan fingerprint density at radius 3 is 3.00 bits per heavy atom. The van der Waals surface area contributed by atoms with Crippen LogP contribution in [0.3, 0.4) is 0 Å². The molecule has 1 N–H and O–H groups in total. The quantitative estimate of drug-likeness (QED) is 0.846. The number of carbonyl (C=O) groups excluding carboxylic acids is 1. The zero-order valence-corrected chi connectivity index (χ0v) is 11.1. The van der Waals surface area contributed by atoms with Gasteiger partial charge in [0.05, 0.1) is 0 Å². The number of rotatable bonds is 3. The largest absolute Gasteiger partial charge is 0.338 e. The third kappa shape index (κ3) is 3.64. The van der Waals surface area contributed by atoms with Gasteiger partial charge in [-0.05, 0) is 32.0 Å². The molecular formula is C15H19FN2O. The van der Waals surface area contributed by atoms with Gasteiger partial charge in [0.15, 0.2) is 0 Å². The molecule has 0 aromatic heterocycles. The maximum absolute atomic E-state index is 13.4. The van der Waals surface area contributed by atoms with E-state index in [0.717, 1.165) is 25.9 Å². The van der Waals surface area contributed by atoms with Crippen LogP contribution in [0.15, 0.2) is 30.3 Å². The molecule has 1 atom stereocenters. The molecule has 1 unspecified atom stereocenters. The molecule has 1 aromatic rings. The van der Waals surface area contributed by atoms with E-state index in [1.54, 1.807) is 24.3 Å². The highest BCUT2D eigenvalue weighted by Crippen LogP contribution is 2.12. The zero-order valence-electron chi connectivity index (χ0n) is 11.1. The summed E-state index contributed by atoms with van der Waals surface area (Å²) in [7, 11) is 1.91. The average molecular weight is 262 g/mol. The normalized spacial score (nSPS) is 19.9. The number of nitrogens with zero attached hydrogens (tertiary/aromatic N) is 1. The van der Waals surface area contributed by atoms with Crippen molar-refractivity contribution in [1.29, 1.82) is 0 Å². The number of halogens is 1. The van der Waals surface area contributed by atoms with E-state index < -0.39 is 0 Å². The number of nitrogens with one attached hydrogen (secondary N) is 1. The highest BCUT2D eigenvalue weighted by atomic mass is 19.1. The minimum Gasteiger partial charge on any atom is -0.338 e. The average Bonchev–Trinajstić information content (AvgIpc) is 2.46. The molecule has 0 radical (unpaired) electrons. The Bertz CT molecular complexity index is 473. The third-order valence-corrected chi connectivity index (χ3v) is 3.45. The monoisotopic (exact) mass is 262 g/mol. The molecule has 2 rings (SSSR count). The number of hydrogen-bond acceptors (Lipinski definition) is 2. The molecule has 1 amide bonds. The number of likely N-dealkylation sites (tertiary alicyclic amines) is 1. The van der Waals surface area contributed by atoms with E-state index in [0.29, 0.717) is 11.6 Å². The first kappa shape index (κ1) is 13.7. The van der Waals surface area contributed by atoms with Crippen molar-refractivity contribution in [3.05, 3.63) is 41.7 Å². The van der Waals surface area contributed by atoms with Gasteiger partial charge in [-0.2, -0.15) is 0 Å². The van der Waals surface area contributed by atoms with Gasteiger partial charge in [-0.1, -0.05) is 18.2 Å². The molecule has 0 spiro atoms. The summed E-state index contributed by atoms with van der Waals surface area (Å²) >= 11 is 0. The Labute approximate surface area is 113 Å². The van der Waals surface area contributed by atoms with Crippen LogP contribution in [0.5, 0.6) is 0 Å². The molecule has 1 aliphatic heterocycles. The van der Waals surface area contributed by atoms with E-state index in [-0.39, 0.29) is 11.7 Å². The van der Waals surface area contributed by atoms with Gasteiger partial charge in [-0.3, -0.25) is 4.79 Å². The lowest BCUT2D eigenvalue weighted by Gasteiger charge is -2.31. The highest BCUT2D eigenvalue weighted by molar-refractivity contribution is 5.91. The molecule has 0 saturated carbocycles. The summed E-state index contributed by atoms with van der Waals surface area (Å²) in [5.41, 5.74) is 0.443. The number of carbonyl (C=O) groups is 1. The van der Waals surface area contributed by atoms with Crippen molar-refractivity contribution >= 4 is 12.0 Å². The fourth-order valence-electron chi connectivity index (χ4n) is 2.29. The molecule has 1 aromatic carbocycles. The third-order valence-electron chi connectivity index (χ3n) is 3.45. The van der Waals surface area contributed by atoms with Crippen LogP contribution in [0.1, 0.15) is 18.4 Å². The number of amides is 1. The molecule has 4 heteroatoms. The lowest BCUT2D eigenvalue weighted by molar-refractivity contribution is -0.127. The molecular weight excluding hydrogens is 243 g/mol. The molecule has 1 fully saturated rings. The first-order chi connectivity index (χ1) is 9.20. The SMILES string of the molecule is CNC1CCCN(C(=O)C=Cc2ccccc2F)C1. The van der Waals surface area contributed by atoms with Crippen molar-refractivity contribution in [3.63, 3.8) is 0 Å². The standard InChI is InChI=1S/C15H19FN2O/c1-17-13-6-4-10-18(11-13)15(19)9-8-12-5-2-3-7-14(12)16/h2-3,5,7-9,13,17H,4,6,10-11H2,1H3. The second kappa shape index (κ2) is 6.48. The molecule has 3 nitrogen and oxygen atoms in total. The summed E-state index contributed by atoms with van der Waals surface area (Å²) in [6.45, 7) is 1.50. The van der Waals surface area contributed by atoms with Crippen LogP contribution in [0.2, 0.25) is 0 Å². The highest BCUT2D eigenvalue weighted by Gasteiger charge is 2.20. The van der Waals surface area contributed by atoms with E-state index in [1.165, 1.54) is 12.1 Å². The van der Waals surface area contributed by atoms with Gasteiger partial charge < -0.3 is 10.2 Å². The second-order valence-electron chi connectivity index (χ2n) is 4.77. The van der Waals surface area contributed by atoms with Gasteiger partial charge in [-0.15, -0.1) is 0 Å².